The van der Waals surface area contributed by atoms with Crippen molar-refractivity contribution in [1.29, 1.82) is 0 Å². The molecular formula is C12H20O5. The average Bonchev–Trinajstić information content (AvgIpc) is 2.29. The average molecular weight is 244 g/mol. The quantitative estimate of drug-likeness (QED) is 0.366. The highest BCUT2D eigenvalue weighted by Crippen LogP contribution is 1.93. The Morgan fingerprint density at radius 2 is 1.65 bits per heavy atom. The van der Waals surface area contributed by atoms with Gasteiger partial charge in [0.2, 0.25) is 0 Å². The van der Waals surface area contributed by atoms with E-state index in [9.17, 15) is 9.59 Å². The third-order valence-electron chi connectivity index (χ3n) is 1.59. The van der Waals surface area contributed by atoms with Crippen LogP contribution in [-0.4, -0.2) is 38.4 Å². The highest BCUT2D eigenvalue weighted by Gasteiger charge is 2.02. The van der Waals surface area contributed by atoms with Crippen molar-refractivity contribution in [1.82, 2.24) is 0 Å². The highest BCUT2D eigenvalue weighted by molar-refractivity contribution is 5.91. The predicted octanol–water partition coefficient (Wildman–Crippen LogP) is 1.32. The molecule has 0 radical (unpaired) electrons. The summed E-state index contributed by atoms with van der Waals surface area (Å²) in [5.74, 6) is -0.850. The monoisotopic (exact) mass is 244 g/mol. The molecule has 0 aliphatic carbocycles. The minimum absolute atomic E-state index is 0.179. The van der Waals surface area contributed by atoms with Crippen molar-refractivity contribution in [3.05, 3.63) is 12.2 Å². The minimum atomic E-state index is -0.578. The molecule has 0 unspecified atom stereocenters. The molecule has 0 amide bonds. The lowest BCUT2D eigenvalue weighted by atomic mass is 10.2. The van der Waals surface area contributed by atoms with Gasteiger partial charge in [-0.25, -0.2) is 9.59 Å². The van der Waals surface area contributed by atoms with Crippen LogP contribution >= 0.6 is 0 Å². The van der Waals surface area contributed by atoms with Gasteiger partial charge < -0.3 is 14.2 Å². The summed E-state index contributed by atoms with van der Waals surface area (Å²) >= 11 is 0. The van der Waals surface area contributed by atoms with Gasteiger partial charge in [0.15, 0.2) is 0 Å². The predicted molar refractivity (Wildman–Crippen MR) is 62.4 cm³/mol. The molecule has 0 rings (SSSR count). The van der Waals surface area contributed by atoms with Gasteiger partial charge in [-0.2, -0.15) is 0 Å². The molecule has 0 saturated heterocycles. The Balaban J connectivity index is 3.67. The molecule has 0 aliphatic heterocycles. The van der Waals surface area contributed by atoms with E-state index in [0.717, 1.165) is 12.2 Å². The van der Waals surface area contributed by atoms with Gasteiger partial charge in [0.25, 0.3) is 0 Å². The lowest BCUT2D eigenvalue weighted by Gasteiger charge is -2.04. The van der Waals surface area contributed by atoms with E-state index in [-0.39, 0.29) is 12.5 Å². The van der Waals surface area contributed by atoms with Crippen LogP contribution in [-0.2, 0) is 23.8 Å². The molecule has 0 aromatic rings. The molecule has 0 aromatic heterocycles. The smallest absolute Gasteiger partial charge is 0.331 e. The molecule has 0 heterocycles. The van der Waals surface area contributed by atoms with Crippen LogP contribution in [0.15, 0.2) is 12.2 Å². The van der Waals surface area contributed by atoms with Gasteiger partial charge in [-0.15, -0.1) is 0 Å². The second-order valence-corrected chi connectivity index (χ2v) is 3.72. The summed E-state index contributed by atoms with van der Waals surface area (Å²) in [6.45, 7) is 7.16. The zero-order chi connectivity index (χ0) is 13.1. The number of rotatable bonds is 8. The highest BCUT2D eigenvalue weighted by atomic mass is 16.6. The van der Waals surface area contributed by atoms with Crippen molar-refractivity contribution < 1.29 is 23.8 Å². The second kappa shape index (κ2) is 9.84. The first-order chi connectivity index (χ1) is 8.06. The van der Waals surface area contributed by atoms with Gasteiger partial charge in [-0.3, -0.25) is 0 Å². The fraction of sp³-hybridized carbons (Fsp3) is 0.667. The fourth-order valence-electron chi connectivity index (χ4n) is 0.827. The first-order valence-corrected chi connectivity index (χ1v) is 5.65. The Morgan fingerprint density at radius 3 is 2.18 bits per heavy atom. The van der Waals surface area contributed by atoms with E-state index in [0.29, 0.717) is 19.8 Å². The third kappa shape index (κ3) is 10.9. The van der Waals surface area contributed by atoms with E-state index in [4.69, 9.17) is 14.2 Å². The first-order valence-electron chi connectivity index (χ1n) is 5.65. The SMILES string of the molecule is CCOCCOC(=O)/C=C/C(=O)OCC(C)C. The number of hydrogen-bond acceptors (Lipinski definition) is 5. The molecule has 0 bridgehead atoms. The number of ether oxygens (including phenoxy) is 3. The summed E-state index contributed by atoms with van der Waals surface area (Å²) in [5, 5.41) is 0. The van der Waals surface area contributed by atoms with E-state index in [1.54, 1.807) is 0 Å². The van der Waals surface area contributed by atoms with Crippen molar-refractivity contribution >= 4 is 11.9 Å². The van der Waals surface area contributed by atoms with Crippen molar-refractivity contribution in [2.24, 2.45) is 5.92 Å². The van der Waals surface area contributed by atoms with Crippen LogP contribution in [0.4, 0.5) is 0 Å². The number of carbonyl (C=O) groups excluding carboxylic acids is 2. The molecule has 0 fully saturated rings. The molecule has 5 heteroatoms. The van der Waals surface area contributed by atoms with E-state index in [1.165, 1.54) is 0 Å². The molecule has 0 spiro atoms. The van der Waals surface area contributed by atoms with Crippen molar-refractivity contribution in [2.45, 2.75) is 20.8 Å². The van der Waals surface area contributed by atoms with Gasteiger partial charge in [0.1, 0.15) is 6.61 Å². The lowest BCUT2D eigenvalue weighted by molar-refractivity contribution is -0.141. The molecule has 17 heavy (non-hydrogen) atoms. The van der Waals surface area contributed by atoms with Crippen LogP contribution < -0.4 is 0 Å². The molecule has 0 aromatic carbocycles. The summed E-state index contributed by atoms with van der Waals surface area (Å²) in [4.78, 5) is 22.2. The molecule has 0 aliphatic rings. The number of carbonyl (C=O) groups is 2. The molecule has 0 N–H and O–H groups in total. The van der Waals surface area contributed by atoms with Crippen molar-refractivity contribution in [3.8, 4) is 0 Å². The van der Waals surface area contributed by atoms with Gasteiger partial charge in [0.05, 0.1) is 13.2 Å². The normalized spacial score (nSPS) is 10.8. The molecule has 98 valence electrons. The fourth-order valence-corrected chi connectivity index (χ4v) is 0.827. The summed E-state index contributed by atoms with van der Waals surface area (Å²) in [7, 11) is 0. The van der Waals surface area contributed by atoms with Crippen LogP contribution in [0, 0.1) is 5.92 Å². The molecule has 5 nitrogen and oxygen atoms in total. The topological polar surface area (TPSA) is 61.8 Å². The maximum absolute atomic E-state index is 11.1. The maximum Gasteiger partial charge on any atom is 0.331 e. The molecule has 0 atom stereocenters. The first kappa shape index (κ1) is 15.6. The van der Waals surface area contributed by atoms with Gasteiger partial charge in [0, 0.05) is 18.8 Å². The zero-order valence-electron chi connectivity index (χ0n) is 10.6. The Bertz CT molecular complexity index is 258. The second-order valence-electron chi connectivity index (χ2n) is 3.72. The Morgan fingerprint density at radius 1 is 1.06 bits per heavy atom. The van der Waals surface area contributed by atoms with Crippen LogP contribution in [0.1, 0.15) is 20.8 Å². The van der Waals surface area contributed by atoms with Gasteiger partial charge in [-0.05, 0) is 12.8 Å². The van der Waals surface area contributed by atoms with E-state index in [1.807, 2.05) is 20.8 Å². The Labute approximate surface area is 102 Å². The maximum atomic E-state index is 11.1. The van der Waals surface area contributed by atoms with Crippen molar-refractivity contribution in [2.75, 3.05) is 26.4 Å². The summed E-state index contributed by atoms with van der Waals surface area (Å²) in [5.41, 5.74) is 0. The molecular weight excluding hydrogens is 224 g/mol. The summed E-state index contributed by atoms with van der Waals surface area (Å²) in [6, 6.07) is 0. The molecule has 0 saturated carbocycles. The van der Waals surface area contributed by atoms with Crippen LogP contribution in [0.5, 0.6) is 0 Å². The van der Waals surface area contributed by atoms with Crippen LogP contribution in [0.3, 0.4) is 0 Å². The lowest BCUT2D eigenvalue weighted by Crippen LogP contribution is -2.10. The summed E-state index contributed by atoms with van der Waals surface area (Å²) < 4.78 is 14.6. The van der Waals surface area contributed by atoms with Crippen molar-refractivity contribution in [3.63, 3.8) is 0 Å². The third-order valence-corrected chi connectivity index (χ3v) is 1.59. The van der Waals surface area contributed by atoms with Crippen LogP contribution in [0.2, 0.25) is 0 Å². The summed E-state index contributed by atoms with van der Waals surface area (Å²) in [6.07, 6.45) is 2.11. The Hall–Kier alpha value is -1.36. The standard InChI is InChI=1S/C12H20O5/c1-4-15-7-8-16-11(13)5-6-12(14)17-9-10(2)3/h5-6,10H,4,7-9H2,1-3H3/b6-5+. The Kier molecular flexibility index (Phi) is 9.05. The van der Waals surface area contributed by atoms with E-state index < -0.39 is 11.9 Å². The minimum Gasteiger partial charge on any atom is -0.462 e. The zero-order valence-corrected chi connectivity index (χ0v) is 10.6. The van der Waals surface area contributed by atoms with Gasteiger partial charge in [-0.1, -0.05) is 13.8 Å². The van der Waals surface area contributed by atoms with E-state index >= 15 is 0 Å². The van der Waals surface area contributed by atoms with Crippen LogP contribution in [0.25, 0.3) is 0 Å². The largest absolute Gasteiger partial charge is 0.462 e. The van der Waals surface area contributed by atoms with Gasteiger partial charge >= 0.3 is 11.9 Å². The number of hydrogen-bond donors (Lipinski definition) is 0. The number of esters is 2. The van der Waals surface area contributed by atoms with E-state index in [2.05, 4.69) is 0 Å².